The van der Waals surface area contributed by atoms with E-state index >= 15 is 0 Å². The number of piperazine rings is 1. The van der Waals surface area contributed by atoms with E-state index in [0.29, 0.717) is 44.1 Å². The number of nitrogens with one attached hydrogen (secondary N) is 1. The molecule has 1 aliphatic rings. The van der Waals surface area contributed by atoms with Crippen LogP contribution in [0.25, 0.3) is 0 Å². The van der Waals surface area contributed by atoms with Crippen molar-refractivity contribution in [3.63, 3.8) is 0 Å². The monoisotopic (exact) mass is 412 g/mol. The zero-order valence-corrected chi connectivity index (χ0v) is 17.1. The van der Waals surface area contributed by atoms with Gasteiger partial charge in [-0.1, -0.05) is 0 Å². The zero-order valence-electron chi connectivity index (χ0n) is 17.1. The maximum absolute atomic E-state index is 13.1. The van der Waals surface area contributed by atoms with Crippen LogP contribution in [0, 0.1) is 5.82 Å². The first kappa shape index (κ1) is 20.2. The number of furan rings is 1. The number of halogens is 1. The van der Waals surface area contributed by atoms with Gasteiger partial charge in [-0.05, 0) is 50.5 Å². The molecule has 1 aliphatic heterocycles. The second kappa shape index (κ2) is 8.31. The maximum atomic E-state index is 13.1. The number of hydrogen-bond acceptors (Lipinski definition) is 7. The van der Waals surface area contributed by atoms with Gasteiger partial charge in [0.15, 0.2) is 0 Å². The lowest BCUT2D eigenvalue weighted by Crippen LogP contribution is -2.51. The Hall–Kier alpha value is -3.13. The van der Waals surface area contributed by atoms with Crippen molar-refractivity contribution in [2.24, 2.45) is 0 Å². The van der Waals surface area contributed by atoms with Crippen molar-refractivity contribution in [1.29, 1.82) is 0 Å². The molecule has 1 aromatic heterocycles. The third kappa shape index (κ3) is 3.82. The highest BCUT2D eigenvalue weighted by Crippen LogP contribution is 2.26. The molecule has 7 nitrogen and oxygen atoms in total. The highest BCUT2D eigenvalue weighted by atomic mass is 19.1. The van der Waals surface area contributed by atoms with Gasteiger partial charge in [-0.15, -0.1) is 0 Å². The number of anilines is 3. The minimum Gasteiger partial charge on any atom is -0.468 e. The van der Waals surface area contributed by atoms with E-state index in [9.17, 15) is 14.0 Å². The summed E-state index contributed by atoms with van der Waals surface area (Å²) >= 11 is 0. The van der Waals surface area contributed by atoms with Gasteiger partial charge in [0.2, 0.25) is 0 Å². The molecule has 8 heteroatoms. The minimum atomic E-state index is -0.470. The van der Waals surface area contributed by atoms with Crippen molar-refractivity contribution in [3.8, 4) is 0 Å². The molecule has 0 bridgehead atoms. The van der Waals surface area contributed by atoms with Crippen LogP contribution in [0.1, 0.15) is 11.8 Å². The lowest BCUT2D eigenvalue weighted by Gasteiger charge is -2.38. The molecule has 1 N–H and O–H groups in total. The van der Waals surface area contributed by atoms with Crippen LogP contribution in [0.4, 0.5) is 21.5 Å². The van der Waals surface area contributed by atoms with Gasteiger partial charge in [0, 0.05) is 38.4 Å². The first-order valence-corrected chi connectivity index (χ1v) is 9.98. The standard InChI is InChI=1S/C22H25FN4O3/c1-25(2)17(18-4-3-13-30-18)14-24-19-20(22(29)21(19)28)27-11-9-26(10-12-27)16-7-5-15(23)6-8-16/h3-8,13,17,24H,9-12,14H2,1-2H3/t17-/m0/s1. The lowest BCUT2D eigenvalue weighted by atomic mass is 10.1. The first-order chi connectivity index (χ1) is 14.5. The van der Waals surface area contributed by atoms with Crippen molar-refractivity contribution >= 4 is 17.1 Å². The van der Waals surface area contributed by atoms with E-state index in [1.54, 1.807) is 18.4 Å². The average Bonchev–Trinajstić information content (AvgIpc) is 3.28. The molecule has 0 saturated carbocycles. The molecule has 0 spiro atoms. The van der Waals surface area contributed by atoms with Crippen LogP contribution in [0.15, 0.2) is 56.7 Å². The van der Waals surface area contributed by atoms with Crippen molar-refractivity contribution in [3.05, 3.63) is 74.7 Å². The Bertz CT molecular complexity index is 1050. The van der Waals surface area contributed by atoms with Crippen LogP contribution in [-0.4, -0.2) is 51.7 Å². The number of nitrogens with zero attached hydrogens (tertiary/aromatic N) is 3. The Labute approximate surface area is 174 Å². The average molecular weight is 412 g/mol. The molecular weight excluding hydrogens is 387 g/mol. The van der Waals surface area contributed by atoms with Gasteiger partial charge in [0.1, 0.15) is 23.0 Å². The molecule has 2 heterocycles. The van der Waals surface area contributed by atoms with Gasteiger partial charge in [0.25, 0.3) is 10.9 Å². The predicted molar refractivity (Wildman–Crippen MR) is 116 cm³/mol. The SMILES string of the molecule is CN(C)[C@@H](CNc1c(N2CCN(c3ccc(F)cc3)CC2)c(=O)c1=O)c1ccco1. The summed E-state index contributed by atoms with van der Waals surface area (Å²) in [6.07, 6.45) is 1.62. The summed E-state index contributed by atoms with van der Waals surface area (Å²) in [4.78, 5) is 30.6. The molecule has 0 radical (unpaired) electrons. The van der Waals surface area contributed by atoms with Crippen molar-refractivity contribution in [2.75, 3.05) is 61.9 Å². The first-order valence-electron chi connectivity index (χ1n) is 9.98. The predicted octanol–water partition coefficient (Wildman–Crippen LogP) is 2.06. The topological polar surface area (TPSA) is 69.0 Å². The Morgan fingerprint density at radius 3 is 2.30 bits per heavy atom. The van der Waals surface area contributed by atoms with E-state index in [0.717, 1.165) is 11.4 Å². The van der Waals surface area contributed by atoms with E-state index in [1.165, 1.54) is 12.1 Å². The van der Waals surface area contributed by atoms with E-state index in [2.05, 4.69) is 10.2 Å². The molecule has 1 fully saturated rings. The second-order valence-electron chi connectivity index (χ2n) is 7.71. The van der Waals surface area contributed by atoms with Crippen molar-refractivity contribution < 1.29 is 8.81 Å². The van der Waals surface area contributed by atoms with Gasteiger partial charge >= 0.3 is 0 Å². The maximum Gasteiger partial charge on any atom is 0.253 e. The molecule has 0 aliphatic carbocycles. The van der Waals surface area contributed by atoms with Crippen LogP contribution < -0.4 is 26.0 Å². The number of rotatable bonds is 7. The van der Waals surface area contributed by atoms with Gasteiger partial charge in [0.05, 0.1) is 12.3 Å². The second-order valence-corrected chi connectivity index (χ2v) is 7.71. The quantitative estimate of drug-likeness (QED) is 0.596. The highest BCUT2D eigenvalue weighted by Gasteiger charge is 2.29. The van der Waals surface area contributed by atoms with Gasteiger partial charge in [-0.25, -0.2) is 4.39 Å². The minimum absolute atomic E-state index is 0.0624. The van der Waals surface area contributed by atoms with Crippen LogP contribution in [0.2, 0.25) is 0 Å². The molecule has 2 aromatic carbocycles. The van der Waals surface area contributed by atoms with E-state index in [1.807, 2.05) is 36.0 Å². The third-order valence-corrected chi connectivity index (χ3v) is 5.64. The number of likely N-dealkylation sites (N-methyl/N-ethyl adjacent to an activating group) is 1. The fourth-order valence-electron chi connectivity index (χ4n) is 3.90. The smallest absolute Gasteiger partial charge is 0.253 e. The normalized spacial score (nSPS) is 15.7. The molecule has 0 unspecified atom stereocenters. The van der Waals surface area contributed by atoms with Gasteiger partial charge in [-0.3, -0.25) is 14.5 Å². The summed E-state index contributed by atoms with van der Waals surface area (Å²) in [6.45, 7) is 3.07. The van der Waals surface area contributed by atoms with Crippen LogP contribution in [-0.2, 0) is 0 Å². The van der Waals surface area contributed by atoms with E-state index < -0.39 is 10.9 Å². The Balaban J connectivity index is 1.43. The van der Waals surface area contributed by atoms with Crippen LogP contribution in [0.3, 0.4) is 0 Å². The molecular formula is C22H25FN4O3. The Morgan fingerprint density at radius 2 is 1.70 bits per heavy atom. The Morgan fingerprint density at radius 1 is 1.03 bits per heavy atom. The fourth-order valence-corrected chi connectivity index (χ4v) is 3.90. The molecule has 1 atom stereocenters. The Kier molecular flexibility index (Phi) is 5.59. The lowest BCUT2D eigenvalue weighted by molar-refractivity contribution is 0.269. The molecule has 1 saturated heterocycles. The van der Waals surface area contributed by atoms with Gasteiger partial charge < -0.3 is 19.5 Å². The number of benzene rings is 1. The van der Waals surface area contributed by atoms with E-state index in [4.69, 9.17) is 4.42 Å². The summed E-state index contributed by atoms with van der Waals surface area (Å²) in [6, 6.07) is 10.1. The number of hydrogen-bond donors (Lipinski definition) is 1. The summed E-state index contributed by atoms with van der Waals surface area (Å²) in [5, 5.41) is 3.18. The fraction of sp³-hybridized carbons (Fsp3) is 0.364. The van der Waals surface area contributed by atoms with Crippen LogP contribution in [0.5, 0.6) is 0 Å². The molecule has 3 aromatic rings. The van der Waals surface area contributed by atoms with Gasteiger partial charge in [-0.2, -0.15) is 0 Å². The van der Waals surface area contributed by atoms with E-state index in [-0.39, 0.29) is 11.9 Å². The summed E-state index contributed by atoms with van der Waals surface area (Å²) < 4.78 is 18.7. The highest BCUT2D eigenvalue weighted by molar-refractivity contribution is 5.75. The molecule has 0 amide bonds. The summed E-state index contributed by atoms with van der Waals surface area (Å²) in [5.41, 5.74) is 0.894. The summed E-state index contributed by atoms with van der Waals surface area (Å²) in [5.74, 6) is 0.531. The van der Waals surface area contributed by atoms with Crippen LogP contribution >= 0.6 is 0 Å². The molecule has 4 rings (SSSR count). The molecule has 30 heavy (non-hydrogen) atoms. The van der Waals surface area contributed by atoms with Crippen molar-refractivity contribution in [1.82, 2.24) is 4.90 Å². The largest absolute Gasteiger partial charge is 0.468 e. The van der Waals surface area contributed by atoms with Crippen molar-refractivity contribution in [2.45, 2.75) is 6.04 Å². The zero-order chi connectivity index (χ0) is 21.3. The molecule has 158 valence electrons. The third-order valence-electron chi connectivity index (χ3n) is 5.64. The summed E-state index contributed by atoms with van der Waals surface area (Å²) in [7, 11) is 3.87.